The van der Waals surface area contributed by atoms with Crippen LogP contribution in [0.25, 0.3) is 22.5 Å². The van der Waals surface area contributed by atoms with Crippen molar-refractivity contribution in [3.05, 3.63) is 78.3 Å². The second kappa shape index (κ2) is 7.98. The largest absolute Gasteiger partial charge is 0.336 e. The van der Waals surface area contributed by atoms with Crippen molar-refractivity contribution in [3.63, 3.8) is 0 Å². The second-order valence-corrected chi connectivity index (χ2v) is 6.38. The van der Waals surface area contributed by atoms with Crippen molar-refractivity contribution in [1.82, 2.24) is 15.1 Å². The van der Waals surface area contributed by atoms with Gasteiger partial charge < -0.3 is 4.52 Å². The Balaban J connectivity index is 2.01. The van der Waals surface area contributed by atoms with E-state index in [-0.39, 0.29) is 28.4 Å². The van der Waals surface area contributed by atoms with Crippen LogP contribution in [0, 0.1) is 23.3 Å². The van der Waals surface area contributed by atoms with Crippen LogP contribution in [0.2, 0.25) is 0 Å². The van der Waals surface area contributed by atoms with E-state index in [2.05, 4.69) is 15.1 Å². The highest BCUT2D eigenvalue weighted by Crippen LogP contribution is 2.42. The van der Waals surface area contributed by atoms with Gasteiger partial charge in [0.15, 0.2) is 0 Å². The molecule has 0 bridgehead atoms. The lowest BCUT2D eigenvalue weighted by Gasteiger charge is -2.19. The topological polar surface area (TPSA) is 72.1 Å². The molecule has 31 heavy (non-hydrogen) atoms. The van der Waals surface area contributed by atoms with Crippen molar-refractivity contribution in [2.24, 2.45) is 0 Å². The Bertz CT molecular complexity index is 1280. The van der Waals surface area contributed by atoms with Crippen LogP contribution >= 0.6 is 0 Å². The zero-order valence-corrected chi connectivity index (χ0v) is 15.8. The van der Waals surface area contributed by atoms with Gasteiger partial charge in [0, 0.05) is 30.8 Å². The molecule has 0 atom stereocenters. The summed E-state index contributed by atoms with van der Waals surface area (Å²) in [7, 11) is 0. The summed E-state index contributed by atoms with van der Waals surface area (Å²) in [6, 6.07) is 6.79. The van der Waals surface area contributed by atoms with Crippen LogP contribution in [-0.4, -0.2) is 21.0 Å². The first-order chi connectivity index (χ1) is 14.9. The van der Waals surface area contributed by atoms with E-state index in [0.29, 0.717) is 6.07 Å². The van der Waals surface area contributed by atoms with Crippen LogP contribution in [0.15, 0.2) is 59.5 Å². The highest BCUT2D eigenvalue weighted by atomic mass is 19.1. The van der Waals surface area contributed by atoms with Gasteiger partial charge in [-0.25, -0.2) is 32.4 Å². The fourth-order valence-corrected chi connectivity index (χ4v) is 3.05. The van der Waals surface area contributed by atoms with Crippen LogP contribution < -0.4 is 4.90 Å². The molecule has 0 saturated carbocycles. The fourth-order valence-electron chi connectivity index (χ4n) is 3.05. The fraction of sp³-hybridized carbons (Fsp3) is 0.0476. The van der Waals surface area contributed by atoms with E-state index in [1.54, 1.807) is 0 Å². The minimum absolute atomic E-state index is 0.00627. The number of rotatable bonds is 4. The summed E-state index contributed by atoms with van der Waals surface area (Å²) < 4.78 is 61.5. The van der Waals surface area contributed by atoms with E-state index in [9.17, 15) is 22.4 Å². The van der Waals surface area contributed by atoms with E-state index >= 15 is 0 Å². The normalized spacial score (nSPS) is 10.9. The Morgan fingerprint density at radius 1 is 0.968 bits per heavy atom. The summed E-state index contributed by atoms with van der Waals surface area (Å²) in [5.41, 5.74) is -0.535. The van der Waals surface area contributed by atoms with E-state index < -0.39 is 34.9 Å². The third-order valence-electron chi connectivity index (χ3n) is 4.37. The van der Waals surface area contributed by atoms with E-state index in [1.165, 1.54) is 18.6 Å². The van der Waals surface area contributed by atoms with Crippen LogP contribution in [0.1, 0.15) is 6.92 Å². The van der Waals surface area contributed by atoms with Crippen molar-refractivity contribution in [2.45, 2.75) is 6.92 Å². The number of anilines is 2. The molecule has 1 amide bonds. The molecule has 0 spiro atoms. The van der Waals surface area contributed by atoms with E-state index in [4.69, 9.17) is 4.52 Å². The van der Waals surface area contributed by atoms with Gasteiger partial charge in [0.2, 0.25) is 11.8 Å². The van der Waals surface area contributed by atoms with Crippen molar-refractivity contribution >= 4 is 17.5 Å². The Morgan fingerprint density at radius 3 is 2.39 bits per heavy atom. The van der Waals surface area contributed by atoms with Crippen LogP contribution in [0.4, 0.5) is 29.1 Å². The third kappa shape index (κ3) is 3.75. The maximum Gasteiger partial charge on any atom is 0.248 e. The first-order valence-electron chi connectivity index (χ1n) is 8.84. The number of hydrogen-bond acceptors (Lipinski definition) is 5. The van der Waals surface area contributed by atoms with Crippen molar-refractivity contribution in [1.29, 1.82) is 0 Å². The third-order valence-corrected chi connectivity index (χ3v) is 4.37. The van der Waals surface area contributed by atoms with Gasteiger partial charge in [-0.1, -0.05) is 5.16 Å². The molecule has 10 heteroatoms. The van der Waals surface area contributed by atoms with Crippen LogP contribution in [0.5, 0.6) is 0 Å². The van der Waals surface area contributed by atoms with Gasteiger partial charge in [-0.2, -0.15) is 0 Å². The number of hydrogen-bond donors (Lipinski definition) is 0. The van der Waals surface area contributed by atoms with E-state index in [1.807, 2.05) is 0 Å². The Labute approximate surface area is 172 Å². The second-order valence-electron chi connectivity index (χ2n) is 6.38. The number of carbonyl (C=O) groups is 1. The van der Waals surface area contributed by atoms with Crippen molar-refractivity contribution in [3.8, 4) is 22.5 Å². The zero-order chi connectivity index (χ0) is 22.1. The minimum atomic E-state index is -0.943. The average Bonchev–Trinajstić information content (AvgIpc) is 3.15. The predicted molar refractivity (Wildman–Crippen MR) is 102 cm³/mol. The highest BCUT2D eigenvalue weighted by Gasteiger charge is 2.31. The molecule has 2 heterocycles. The van der Waals surface area contributed by atoms with Gasteiger partial charge in [0.05, 0.1) is 16.9 Å². The first-order valence-corrected chi connectivity index (χ1v) is 8.84. The summed E-state index contributed by atoms with van der Waals surface area (Å²) in [5, 5.41) is 3.83. The summed E-state index contributed by atoms with van der Waals surface area (Å²) in [6.45, 7) is 1.11. The minimum Gasteiger partial charge on any atom is -0.336 e. The lowest BCUT2D eigenvalue weighted by Crippen LogP contribution is -2.24. The molecule has 2 aromatic heterocycles. The Morgan fingerprint density at radius 2 is 1.71 bits per heavy atom. The molecule has 6 nitrogen and oxygen atoms in total. The molecule has 4 aromatic rings. The van der Waals surface area contributed by atoms with Crippen LogP contribution in [0.3, 0.4) is 0 Å². The Kier molecular flexibility index (Phi) is 5.20. The molecule has 0 fully saturated rings. The Hall–Kier alpha value is -4.08. The maximum absolute atomic E-state index is 14.5. The molecule has 0 radical (unpaired) electrons. The number of nitrogens with zero attached hydrogens (tertiary/aromatic N) is 4. The van der Waals surface area contributed by atoms with Crippen molar-refractivity contribution < 1.29 is 26.9 Å². The highest BCUT2D eigenvalue weighted by molar-refractivity contribution is 6.03. The quantitative estimate of drug-likeness (QED) is 0.426. The molecule has 0 aliphatic heterocycles. The smallest absolute Gasteiger partial charge is 0.248 e. The summed E-state index contributed by atoms with van der Waals surface area (Å²) in [5.74, 6) is -4.51. The maximum atomic E-state index is 14.5. The van der Waals surface area contributed by atoms with Gasteiger partial charge in [-0.05, 0) is 30.3 Å². The van der Waals surface area contributed by atoms with Gasteiger partial charge >= 0.3 is 0 Å². The lowest BCUT2D eigenvalue weighted by atomic mass is 10.0. The average molecular weight is 428 g/mol. The summed E-state index contributed by atoms with van der Waals surface area (Å²) in [4.78, 5) is 21.1. The number of benzene rings is 2. The molecule has 0 N–H and O–H groups in total. The molecule has 0 aliphatic carbocycles. The van der Waals surface area contributed by atoms with E-state index in [0.717, 1.165) is 42.2 Å². The summed E-state index contributed by atoms with van der Waals surface area (Å²) in [6.07, 6.45) is 2.57. The van der Waals surface area contributed by atoms with Gasteiger partial charge in [-0.15, -0.1) is 0 Å². The molecular weight excluding hydrogens is 416 g/mol. The molecule has 0 aliphatic rings. The van der Waals surface area contributed by atoms with Gasteiger partial charge in [0.1, 0.15) is 35.3 Å². The number of halogens is 4. The molecule has 4 rings (SSSR count). The van der Waals surface area contributed by atoms with Crippen molar-refractivity contribution in [2.75, 3.05) is 4.90 Å². The van der Waals surface area contributed by atoms with Gasteiger partial charge in [-0.3, -0.25) is 4.79 Å². The van der Waals surface area contributed by atoms with Gasteiger partial charge in [0.25, 0.3) is 0 Å². The number of amides is 1. The SMILES string of the molecule is CC(=O)N(c1cc(F)ccc1F)c1onc(-c2ccc(F)cc2F)c1-c1ccncn1. The lowest BCUT2D eigenvalue weighted by molar-refractivity contribution is -0.116. The molecule has 2 aromatic carbocycles. The standard InChI is InChI=1S/C21H12F4N4O2/c1-11(30)29(18-9-13(23)3-5-15(18)24)21-19(17-6-7-26-10-27-17)20(28-31-21)14-4-2-12(22)8-16(14)25/h2-10H,1H3. The molecule has 0 saturated heterocycles. The monoisotopic (exact) mass is 428 g/mol. The molecular formula is C21H12F4N4O2. The zero-order valence-electron chi connectivity index (χ0n) is 15.8. The number of carbonyl (C=O) groups excluding carboxylic acids is 1. The number of aromatic nitrogens is 3. The molecule has 156 valence electrons. The van der Waals surface area contributed by atoms with Crippen LogP contribution in [-0.2, 0) is 4.79 Å². The first kappa shape index (κ1) is 20.2. The predicted octanol–water partition coefficient (Wildman–Crippen LogP) is 5.04. The molecule has 0 unspecified atom stereocenters. The summed E-state index contributed by atoms with van der Waals surface area (Å²) >= 11 is 0.